The molecule has 16 heavy (non-hydrogen) atoms. The van der Waals surface area contributed by atoms with Crippen molar-refractivity contribution in [2.75, 3.05) is 5.32 Å². The van der Waals surface area contributed by atoms with E-state index in [1.54, 1.807) is 12.3 Å². The molecule has 0 aliphatic heterocycles. The predicted molar refractivity (Wildman–Crippen MR) is 62.7 cm³/mol. The number of aryl methyl sites for hydroxylation is 1. The first-order valence-corrected chi connectivity index (χ1v) is 5.16. The number of nitrogens with zero attached hydrogens (tertiary/aromatic N) is 1. The van der Waals surface area contributed by atoms with Crippen LogP contribution >= 0.6 is 0 Å². The molecule has 2 rings (SSSR count). The first-order chi connectivity index (χ1) is 7.77. The van der Waals surface area contributed by atoms with Crippen LogP contribution in [0.3, 0.4) is 0 Å². The van der Waals surface area contributed by atoms with Crippen LogP contribution < -0.4 is 5.32 Å². The van der Waals surface area contributed by atoms with Gasteiger partial charge in [0.2, 0.25) is 0 Å². The minimum atomic E-state index is -0.323. The molecule has 2 aromatic rings. The molecule has 0 saturated heterocycles. The lowest BCUT2D eigenvalue weighted by Gasteiger charge is -2.08. The molecule has 0 bridgehead atoms. The van der Waals surface area contributed by atoms with Crippen LogP contribution in [0.2, 0.25) is 0 Å². The Morgan fingerprint density at radius 2 is 2.00 bits per heavy atom. The van der Waals surface area contributed by atoms with E-state index in [9.17, 15) is 4.39 Å². The average Bonchev–Trinajstić information content (AvgIpc) is 2.30. The summed E-state index contributed by atoms with van der Waals surface area (Å²) in [5.41, 5.74) is 2.33. The number of anilines is 1. The van der Waals surface area contributed by atoms with Crippen molar-refractivity contribution in [3.05, 3.63) is 59.5 Å². The summed E-state index contributed by atoms with van der Waals surface area (Å²) < 4.78 is 13.3. The van der Waals surface area contributed by atoms with Crippen LogP contribution in [0.25, 0.3) is 0 Å². The monoisotopic (exact) mass is 216 g/mol. The topological polar surface area (TPSA) is 24.9 Å². The van der Waals surface area contributed by atoms with Crippen molar-refractivity contribution >= 4 is 5.82 Å². The summed E-state index contributed by atoms with van der Waals surface area (Å²) in [5.74, 6) is -0.0261. The SMILES string of the molecule is Cc1ccccc1CNc1ncccc1F. The molecule has 0 fully saturated rings. The molecule has 0 radical (unpaired) electrons. The second-order valence-electron chi connectivity index (χ2n) is 3.61. The average molecular weight is 216 g/mol. The molecule has 0 amide bonds. The van der Waals surface area contributed by atoms with Gasteiger partial charge < -0.3 is 5.32 Å². The number of rotatable bonds is 3. The molecule has 1 aromatic carbocycles. The van der Waals surface area contributed by atoms with Crippen molar-refractivity contribution in [1.29, 1.82) is 0 Å². The first kappa shape index (κ1) is 10.6. The van der Waals surface area contributed by atoms with Crippen LogP contribution in [0.1, 0.15) is 11.1 Å². The van der Waals surface area contributed by atoms with E-state index in [1.165, 1.54) is 11.6 Å². The lowest BCUT2D eigenvalue weighted by atomic mass is 10.1. The van der Waals surface area contributed by atoms with E-state index in [4.69, 9.17) is 0 Å². The fraction of sp³-hybridized carbons (Fsp3) is 0.154. The third kappa shape index (κ3) is 2.37. The summed E-state index contributed by atoms with van der Waals surface area (Å²) in [5, 5.41) is 2.98. The smallest absolute Gasteiger partial charge is 0.165 e. The van der Waals surface area contributed by atoms with Gasteiger partial charge in [-0.2, -0.15) is 0 Å². The van der Waals surface area contributed by atoms with Crippen LogP contribution in [0.4, 0.5) is 10.2 Å². The Balaban J connectivity index is 2.09. The molecule has 82 valence electrons. The number of nitrogens with one attached hydrogen (secondary N) is 1. The van der Waals surface area contributed by atoms with Crippen LogP contribution in [-0.2, 0) is 6.54 Å². The largest absolute Gasteiger partial charge is 0.364 e. The summed E-state index contributed by atoms with van der Waals surface area (Å²) in [6.45, 7) is 2.62. The summed E-state index contributed by atoms with van der Waals surface area (Å²) in [7, 11) is 0. The van der Waals surface area contributed by atoms with Crippen molar-refractivity contribution in [2.45, 2.75) is 13.5 Å². The van der Waals surface area contributed by atoms with E-state index in [0.717, 1.165) is 5.56 Å². The Morgan fingerprint density at radius 3 is 2.75 bits per heavy atom. The second kappa shape index (κ2) is 4.75. The second-order valence-corrected chi connectivity index (χ2v) is 3.61. The highest BCUT2D eigenvalue weighted by Crippen LogP contribution is 2.12. The Hall–Kier alpha value is -1.90. The van der Waals surface area contributed by atoms with Gasteiger partial charge in [0.1, 0.15) is 0 Å². The molecule has 0 aliphatic carbocycles. The zero-order valence-corrected chi connectivity index (χ0v) is 9.07. The fourth-order valence-electron chi connectivity index (χ4n) is 1.50. The maximum absolute atomic E-state index is 13.3. The molecule has 1 aromatic heterocycles. The lowest BCUT2D eigenvalue weighted by molar-refractivity contribution is 0.624. The van der Waals surface area contributed by atoms with Crippen molar-refractivity contribution in [2.24, 2.45) is 0 Å². The molecule has 0 spiro atoms. The molecular formula is C13H13FN2. The maximum atomic E-state index is 13.3. The van der Waals surface area contributed by atoms with E-state index >= 15 is 0 Å². The molecule has 3 heteroatoms. The van der Waals surface area contributed by atoms with Crippen LogP contribution in [0.5, 0.6) is 0 Å². The number of pyridine rings is 1. The van der Waals surface area contributed by atoms with Gasteiger partial charge >= 0.3 is 0 Å². The predicted octanol–water partition coefficient (Wildman–Crippen LogP) is 3.14. The van der Waals surface area contributed by atoms with Crippen LogP contribution in [-0.4, -0.2) is 4.98 Å². The minimum absolute atomic E-state index is 0.297. The Bertz CT molecular complexity index is 437. The van der Waals surface area contributed by atoms with E-state index in [-0.39, 0.29) is 5.82 Å². The normalized spacial score (nSPS) is 10.1. The lowest BCUT2D eigenvalue weighted by Crippen LogP contribution is -2.04. The number of hydrogen-bond acceptors (Lipinski definition) is 2. The van der Waals surface area contributed by atoms with Crippen LogP contribution in [0, 0.1) is 12.7 Å². The van der Waals surface area contributed by atoms with Crippen molar-refractivity contribution in [1.82, 2.24) is 4.98 Å². The number of aromatic nitrogens is 1. The van der Waals surface area contributed by atoms with Crippen molar-refractivity contribution < 1.29 is 4.39 Å². The fourth-order valence-corrected chi connectivity index (χ4v) is 1.50. The Morgan fingerprint density at radius 1 is 1.19 bits per heavy atom. The standard InChI is InChI=1S/C13H13FN2/c1-10-5-2-3-6-11(10)9-16-13-12(14)7-4-8-15-13/h2-8H,9H2,1H3,(H,15,16). The van der Waals surface area contributed by atoms with Gasteiger partial charge in [0, 0.05) is 12.7 Å². The van der Waals surface area contributed by atoms with Gasteiger partial charge in [0.15, 0.2) is 11.6 Å². The molecule has 0 aliphatic rings. The molecular weight excluding hydrogens is 203 g/mol. The van der Waals surface area contributed by atoms with Gasteiger partial charge in [0.05, 0.1) is 0 Å². The highest BCUT2D eigenvalue weighted by molar-refractivity contribution is 5.38. The van der Waals surface area contributed by atoms with Gasteiger partial charge in [-0.15, -0.1) is 0 Å². The van der Waals surface area contributed by atoms with Gasteiger partial charge in [-0.1, -0.05) is 24.3 Å². The van der Waals surface area contributed by atoms with Gasteiger partial charge in [-0.3, -0.25) is 0 Å². The van der Waals surface area contributed by atoms with Gasteiger partial charge in [0.25, 0.3) is 0 Å². The third-order valence-corrected chi connectivity index (χ3v) is 2.47. The Kier molecular flexibility index (Phi) is 3.15. The molecule has 2 nitrogen and oxygen atoms in total. The van der Waals surface area contributed by atoms with Crippen molar-refractivity contribution in [3.63, 3.8) is 0 Å². The summed E-state index contributed by atoms with van der Waals surface area (Å²) in [6.07, 6.45) is 1.57. The van der Waals surface area contributed by atoms with Crippen molar-refractivity contribution in [3.8, 4) is 0 Å². The van der Waals surface area contributed by atoms with E-state index in [2.05, 4.69) is 10.3 Å². The maximum Gasteiger partial charge on any atom is 0.165 e. The first-order valence-electron chi connectivity index (χ1n) is 5.16. The van der Waals surface area contributed by atoms with Gasteiger partial charge in [-0.05, 0) is 30.2 Å². The van der Waals surface area contributed by atoms with E-state index in [0.29, 0.717) is 12.4 Å². The zero-order chi connectivity index (χ0) is 11.4. The molecule has 1 heterocycles. The third-order valence-electron chi connectivity index (χ3n) is 2.47. The van der Waals surface area contributed by atoms with E-state index in [1.807, 2.05) is 31.2 Å². The quantitative estimate of drug-likeness (QED) is 0.852. The highest BCUT2D eigenvalue weighted by atomic mass is 19.1. The highest BCUT2D eigenvalue weighted by Gasteiger charge is 2.02. The number of halogens is 1. The summed E-state index contributed by atoms with van der Waals surface area (Å²) in [6, 6.07) is 11.0. The summed E-state index contributed by atoms with van der Waals surface area (Å²) >= 11 is 0. The number of hydrogen-bond donors (Lipinski definition) is 1. The minimum Gasteiger partial charge on any atom is -0.364 e. The van der Waals surface area contributed by atoms with Gasteiger partial charge in [-0.25, -0.2) is 9.37 Å². The molecule has 0 unspecified atom stereocenters. The van der Waals surface area contributed by atoms with E-state index < -0.39 is 0 Å². The molecule has 0 atom stereocenters. The summed E-state index contributed by atoms with van der Waals surface area (Å²) in [4.78, 5) is 3.94. The van der Waals surface area contributed by atoms with Crippen LogP contribution in [0.15, 0.2) is 42.6 Å². The molecule has 1 N–H and O–H groups in total. The number of benzene rings is 1. The zero-order valence-electron chi connectivity index (χ0n) is 9.07. The Labute approximate surface area is 94.2 Å². The molecule has 0 saturated carbocycles.